The van der Waals surface area contributed by atoms with Crippen LogP contribution in [0.2, 0.25) is 0 Å². The maximum Gasteiger partial charge on any atom is 0.164 e. The summed E-state index contributed by atoms with van der Waals surface area (Å²) in [5.41, 5.74) is 15.4. The van der Waals surface area contributed by atoms with Crippen LogP contribution in [0.1, 0.15) is 5.56 Å². The van der Waals surface area contributed by atoms with Crippen LogP contribution in [0.25, 0.3) is 111 Å². The SMILES string of the molecule is N#Cc1ccc2ccc(-c3ccc4c5c(ccc(-c6ccc(-c7ccc(-c8nc(-c9ccccc9)nc(-c9ccccc9)n8)cc7)cc6)c35)-c3ccccc3-4)cc2c1. The summed E-state index contributed by atoms with van der Waals surface area (Å²) in [5.74, 6) is 1.93. The number of rotatable bonds is 6. The zero-order valence-electron chi connectivity index (χ0n) is 31.3. The summed E-state index contributed by atoms with van der Waals surface area (Å²) in [6, 6.07) is 70.1. The van der Waals surface area contributed by atoms with Gasteiger partial charge in [-0.25, -0.2) is 15.0 Å². The van der Waals surface area contributed by atoms with Gasteiger partial charge in [0.1, 0.15) is 0 Å². The minimum Gasteiger partial charge on any atom is -0.208 e. The molecule has 10 aromatic rings. The van der Waals surface area contributed by atoms with Crippen LogP contribution in [0.3, 0.4) is 0 Å². The molecule has 268 valence electrons. The lowest BCUT2D eigenvalue weighted by Gasteiger charge is -2.16. The second-order valence-corrected chi connectivity index (χ2v) is 14.7. The highest BCUT2D eigenvalue weighted by atomic mass is 15.0. The van der Waals surface area contributed by atoms with Gasteiger partial charge in [-0.3, -0.25) is 0 Å². The summed E-state index contributed by atoms with van der Waals surface area (Å²) in [7, 11) is 0. The van der Waals surface area contributed by atoms with Crippen LogP contribution in [0, 0.1) is 11.3 Å². The Morgan fingerprint density at radius 1 is 0.293 bits per heavy atom. The third-order valence-electron chi connectivity index (χ3n) is 11.3. The summed E-state index contributed by atoms with van der Waals surface area (Å²) in [4.78, 5) is 14.7. The Morgan fingerprint density at radius 3 is 1.26 bits per heavy atom. The molecule has 0 amide bonds. The fraction of sp³-hybridized carbons (Fsp3) is 0. The van der Waals surface area contributed by atoms with Crippen molar-refractivity contribution in [2.45, 2.75) is 0 Å². The molecule has 0 aliphatic heterocycles. The molecule has 0 N–H and O–H groups in total. The van der Waals surface area contributed by atoms with Gasteiger partial charge in [-0.2, -0.15) is 5.26 Å². The van der Waals surface area contributed by atoms with Crippen molar-refractivity contribution in [2.75, 3.05) is 0 Å². The van der Waals surface area contributed by atoms with Gasteiger partial charge in [-0.15, -0.1) is 0 Å². The van der Waals surface area contributed by atoms with E-state index < -0.39 is 0 Å². The Labute approximate surface area is 336 Å². The van der Waals surface area contributed by atoms with Crippen LogP contribution in [-0.2, 0) is 0 Å². The summed E-state index contributed by atoms with van der Waals surface area (Å²) < 4.78 is 0. The van der Waals surface area contributed by atoms with Crippen LogP contribution in [-0.4, -0.2) is 15.0 Å². The molecule has 1 heterocycles. The fourth-order valence-corrected chi connectivity index (χ4v) is 8.45. The van der Waals surface area contributed by atoms with E-state index in [1.165, 1.54) is 44.2 Å². The lowest BCUT2D eigenvalue weighted by molar-refractivity contribution is 1.07. The molecule has 11 rings (SSSR count). The smallest absolute Gasteiger partial charge is 0.164 e. The largest absolute Gasteiger partial charge is 0.208 e. The Morgan fingerprint density at radius 2 is 0.707 bits per heavy atom. The van der Waals surface area contributed by atoms with Gasteiger partial charge in [0, 0.05) is 16.7 Å². The average Bonchev–Trinajstić information content (AvgIpc) is 3.63. The van der Waals surface area contributed by atoms with Crippen molar-refractivity contribution in [3.63, 3.8) is 0 Å². The average molecular weight is 737 g/mol. The molecule has 1 aliphatic carbocycles. The van der Waals surface area contributed by atoms with Crippen LogP contribution in [0.5, 0.6) is 0 Å². The predicted octanol–water partition coefficient (Wildman–Crippen LogP) is 13.7. The Hall–Kier alpha value is -8.00. The van der Waals surface area contributed by atoms with E-state index in [2.05, 4.69) is 121 Å². The third-order valence-corrected chi connectivity index (χ3v) is 11.3. The zero-order chi connectivity index (χ0) is 38.6. The lowest BCUT2D eigenvalue weighted by Crippen LogP contribution is -2.00. The maximum absolute atomic E-state index is 9.63. The van der Waals surface area contributed by atoms with E-state index in [1.54, 1.807) is 0 Å². The van der Waals surface area contributed by atoms with E-state index in [-0.39, 0.29) is 0 Å². The first-order valence-electron chi connectivity index (χ1n) is 19.4. The van der Waals surface area contributed by atoms with Gasteiger partial charge in [0.15, 0.2) is 17.5 Å². The Balaban J connectivity index is 0.983. The summed E-state index contributed by atoms with van der Waals surface area (Å²) in [6.07, 6.45) is 0. The molecule has 1 aliphatic rings. The van der Waals surface area contributed by atoms with E-state index in [0.29, 0.717) is 23.0 Å². The third kappa shape index (κ3) is 5.65. The van der Waals surface area contributed by atoms with E-state index in [1.807, 2.05) is 78.9 Å². The number of hydrogen-bond donors (Lipinski definition) is 0. The number of nitrogens with zero attached hydrogens (tertiary/aromatic N) is 4. The standard InChI is InChI=1S/C54H32N4/c55-33-34-15-16-37-21-26-42(32-43(37)31-34)45-28-30-49-47-14-8-7-13-46(47)48-29-27-44(50(45)51(48)49)38-22-17-35(18-23-38)36-19-24-41(25-20-36)54-57-52(39-9-3-1-4-10-39)56-53(58-54)40-11-5-2-6-12-40/h1-32H. The van der Waals surface area contributed by atoms with Crippen molar-refractivity contribution in [3.8, 4) is 95.9 Å². The molecule has 0 unspecified atom stereocenters. The van der Waals surface area contributed by atoms with E-state index in [9.17, 15) is 5.26 Å². The monoisotopic (exact) mass is 736 g/mol. The Bertz CT molecular complexity index is 3170. The van der Waals surface area contributed by atoms with Gasteiger partial charge in [0.25, 0.3) is 0 Å². The molecule has 0 spiro atoms. The number of aromatic nitrogens is 3. The second-order valence-electron chi connectivity index (χ2n) is 14.7. The number of fused-ring (bicyclic) bond motifs is 4. The first kappa shape index (κ1) is 33.3. The normalized spacial score (nSPS) is 11.4. The highest BCUT2D eigenvalue weighted by Gasteiger charge is 2.25. The zero-order valence-corrected chi connectivity index (χ0v) is 31.3. The first-order chi connectivity index (χ1) is 28.7. The molecule has 4 heteroatoms. The fourth-order valence-electron chi connectivity index (χ4n) is 8.45. The van der Waals surface area contributed by atoms with Crippen molar-refractivity contribution < 1.29 is 0 Å². The van der Waals surface area contributed by atoms with E-state index >= 15 is 0 Å². The highest BCUT2D eigenvalue weighted by molar-refractivity contribution is 6.22. The summed E-state index contributed by atoms with van der Waals surface area (Å²) >= 11 is 0. The van der Waals surface area contributed by atoms with Crippen molar-refractivity contribution in [2.24, 2.45) is 0 Å². The molecule has 0 bridgehead atoms. The summed E-state index contributed by atoms with van der Waals surface area (Å²) in [5, 5.41) is 14.3. The molecular weight excluding hydrogens is 705 g/mol. The van der Waals surface area contributed by atoms with Gasteiger partial charge >= 0.3 is 0 Å². The molecular formula is C54H32N4. The van der Waals surface area contributed by atoms with Crippen molar-refractivity contribution in [3.05, 3.63) is 200 Å². The van der Waals surface area contributed by atoms with E-state index in [4.69, 9.17) is 15.0 Å². The number of hydrogen-bond acceptors (Lipinski definition) is 4. The van der Waals surface area contributed by atoms with Crippen molar-refractivity contribution in [1.29, 1.82) is 5.26 Å². The quantitative estimate of drug-likeness (QED) is 0.170. The minimum absolute atomic E-state index is 0.636. The molecule has 4 nitrogen and oxygen atoms in total. The van der Waals surface area contributed by atoms with Gasteiger partial charge in [-0.1, -0.05) is 176 Å². The molecule has 9 aromatic carbocycles. The van der Waals surface area contributed by atoms with Crippen LogP contribution >= 0.6 is 0 Å². The number of nitriles is 1. The van der Waals surface area contributed by atoms with Crippen molar-refractivity contribution >= 4 is 21.5 Å². The maximum atomic E-state index is 9.63. The van der Waals surface area contributed by atoms with E-state index in [0.717, 1.165) is 49.7 Å². The molecule has 0 atom stereocenters. The minimum atomic E-state index is 0.636. The Kier molecular flexibility index (Phi) is 7.84. The van der Waals surface area contributed by atoms with Crippen LogP contribution in [0.4, 0.5) is 0 Å². The predicted molar refractivity (Wildman–Crippen MR) is 237 cm³/mol. The molecule has 0 saturated carbocycles. The topological polar surface area (TPSA) is 62.5 Å². The molecule has 0 radical (unpaired) electrons. The summed E-state index contributed by atoms with van der Waals surface area (Å²) in [6.45, 7) is 0. The molecule has 1 aromatic heterocycles. The second kappa shape index (κ2) is 13.6. The molecule has 0 fully saturated rings. The highest BCUT2D eigenvalue weighted by Crippen LogP contribution is 2.52. The van der Waals surface area contributed by atoms with Gasteiger partial charge in [-0.05, 0) is 95.4 Å². The molecule has 58 heavy (non-hydrogen) atoms. The van der Waals surface area contributed by atoms with Gasteiger partial charge in [0.2, 0.25) is 0 Å². The van der Waals surface area contributed by atoms with Crippen LogP contribution < -0.4 is 0 Å². The first-order valence-corrected chi connectivity index (χ1v) is 19.4. The van der Waals surface area contributed by atoms with Gasteiger partial charge in [0.05, 0.1) is 11.6 Å². The molecule has 0 saturated heterocycles. The van der Waals surface area contributed by atoms with Gasteiger partial charge < -0.3 is 0 Å². The number of benzene rings is 9. The van der Waals surface area contributed by atoms with Crippen molar-refractivity contribution in [1.82, 2.24) is 15.0 Å². The van der Waals surface area contributed by atoms with Crippen LogP contribution in [0.15, 0.2) is 194 Å². The lowest BCUT2D eigenvalue weighted by atomic mass is 9.87.